The molecule has 0 aliphatic rings. The van der Waals surface area contributed by atoms with Crippen LogP contribution in [0.25, 0.3) is 10.8 Å². The van der Waals surface area contributed by atoms with Crippen molar-refractivity contribution in [3.05, 3.63) is 114 Å². The van der Waals surface area contributed by atoms with Gasteiger partial charge in [0.2, 0.25) is 5.91 Å². The number of carbonyl (C=O) groups excluding carboxylic acids is 2. The quantitative estimate of drug-likeness (QED) is 0.0915. The van der Waals surface area contributed by atoms with Crippen LogP contribution in [0.5, 0.6) is 0 Å². The van der Waals surface area contributed by atoms with E-state index in [9.17, 15) is 9.59 Å². The van der Waals surface area contributed by atoms with Gasteiger partial charge in [-0.3, -0.25) is 9.59 Å². The van der Waals surface area contributed by atoms with E-state index in [1.165, 1.54) is 0 Å². The molecule has 5 aromatic rings. The number of nitrogens with one attached hydrogen (secondary N) is 5. The molecule has 5 N–H and O–H groups in total. The van der Waals surface area contributed by atoms with Crippen molar-refractivity contribution in [2.24, 2.45) is 0 Å². The molecular formula is C32H35N7O2S. The van der Waals surface area contributed by atoms with E-state index in [4.69, 9.17) is 0 Å². The van der Waals surface area contributed by atoms with Crippen molar-refractivity contribution in [3.8, 4) is 0 Å². The predicted octanol–water partition coefficient (Wildman–Crippen LogP) is 5.12. The van der Waals surface area contributed by atoms with E-state index in [1.54, 1.807) is 48.7 Å². The highest BCUT2D eigenvalue weighted by Crippen LogP contribution is 2.24. The van der Waals surface area contributed by atoms with Crippen LogP contribution in [0.4, 0.5) is 0 Å². The molecule has 9 nitrogen and oxygen atoms in total. The topological polar surface area (TPSA) is 128 Å². The summed E-state index contributed by atoms with van der Waals surface area (Å²) in [6, 6.07) is 20.7. The number of aromatic nitrogens is 4. The molecule has 10 heteroatoms. The number of benzene rings is 3. The Bertz CT molecular complexity index is 1570. The first-order valence-corrected chi connectivity index (χ1v) is 15.0. The fourth-order valence-electron chi connectivity index (χ4n) is 4.81. The van der Waals surface area contributed by atoms with Crippen LogP contribution in [0.3, 0.4) is 0 Å². The van der Waals surface area contributed by atoms with Gasteiger partial charge in [0, 0.05) is 42.6 Å². The summed E-state index contributed by atoms with van der Waals surface area (Å²) >= 11 is 1.59. The molecule has 3 aromatic carbocycles. The van der Waals surface area contributed by atoms with Gasteiger partial charge in [-0.25, -0.2) is 9.97 Å². The van der Waals surface area contributed by atoms with Gasteiger partial charge in [-0.2, -0.15) is 0 Å². The highest BCUT2D eigenvalue weighted by molar-refractivity contribution is 7.99. The van der Waals surface area contributed by atoms with Crippen LogP contribution in [0, 0.1) is 0 Å². The summed E-state index contributed by atoms with van der Waals surface area (Å²) in [7, 11) is 0. The smallest absolute Gasteiger partial charge is 0.251 e. The van der Waals surface area contributed by atoms with Crippen LogP contribution in [-0.4, -0.2) is 43.5 Å². The summed E-state index contributed by atoms with van der Waals surface area (Å²) in [5, 5.41) is 12.5. The molecule has 216 valence electrons. The molecule has 0 saturated carbocycles. The number of nitrogens with zero attached hydrogens (tertiary/aromatic N) is 2. The SMILES string of the molecule is C[C@H](NC(=O)[C@H](CCCSc1ncc[nH]1)NC(=O)c1ccc(CNCc2ncc[nH]2)cc1)c1cccc2ccccc12. The summed E-state index contributed by atoms with van der Waals surface area (Å²) in [6.45, 7) is 3.25. The average molecular weight is 582 g/mol. The van der Waals surface area contributed by atoms with E-state index in [-0.39, 0.29) is 17.9 Å². The normalized spacial score (nSPS) is 12.6. The third kappa shape index (κ3) is 7.86. The standard InChI is InChI=1S/C32H35N7O2S/c1-22(26-9-4-7-24-6-2-3-8-27(24)26)38-31(41)28(10-5-19-42-32-36-17-18-37-32)39-30(40)25-13-11-23(12-14-25)20-33-21-29-34-15-16-35-29/h2-4,6-9,11-18,22,28,33H,5,10,19-21H2,1H3,(H,34,35)(H,36,37)(H,38,41)(H,39,40)/t22-,28-/m0/s1. The van der Waals surface area contributed by atoms with E-state index < -0.39 is 6.04 Å². The zero-order chi connectivity index (χ0) is 29.1. The molecule has 0 aliphatic heterocycles. The lowest BCUT2D eigenvalue weighted by atomic mass is 9.99. The maximum Gasteiger partial charge on any atom is 0.251 e. The lowest BCUT2D eigenvalue weighted by molar-refractivity contribution is -0.123. The molecule has 0 spiro atoms. The van der Waals surface area contributed by atoms with Crippen molar-refractivity contribution in [1.82, 2.24) is 35.9 Å². The molecule has 0 aliphatic carbocycles. The van der Waals surface area contributed by atoms with E-state index in [2.05, 4.69) is 54.1 Å². The summed E-state index contributed by atoms with van der Waals surface area (Å²) in [5.74, 6) is 1.16. The molecule has 2 aromatic heterocycles. The highest BCUT2D eigenvalue weighted by Gasteiger charge is 2.23. The van der Waals surface area contributed by atoms with Crippen molar-refractivity contribution in [2.45, 2.75) is 50.1 Å². The number of imidazole rings is 2. The second kappa shape index (κ2) is 14.5. The minimum Gasteiger partial charge on any atom is -0.348 e. The number of amides is 2. The van der Waals surface area contributed by atoms with Crippen LogP contribution >= 0.6 is 11.8 Å². The molecular weight excluding hydrogens is 546 g/mol. The van der Waals surface area contributed by atoms with Crippen molar-refractivity contribution >= 4 is 34.3 Å². The molecule has 2 heterocycles. The van der Waals surface area contributed by atoms with Crippen LogP contribution in [0.2, 0.25) is 0 Å². The van der Waals surface area contributed by atoms with Gasteiger partial charge < -0.3 is 25.9 Å². The van der Waals surface area contributed by atoms with Gasteiger partial charge >= 0.3 is 0 Å². The minimum absolute atomic E-state index is 0.203. The molecule has 0 saturated heterocycles. The molecule has 2 atom stereocenters. The number of hydrogen-bond donors (Lipinski definition) is 5. The van der Waals surface area contributed by atoms with Crippen molar-refractivity contribution < 1.29 is 9.59 Å². The molecule has 0 bridgehead atoms. The Morgan fingerprint density at radius 1 is 0.881 bits per heavy atom. The maximum absolute atomic E-state index is 13.6. The Morgan fingerprint density at radius 2 is 1.67 bits per heavy atom. The number of fused-ring (bicyclic) bond motifs is 1. The monoisotopic (exact) mass is 581 g/mol. The Hall–Kier alpha value is -4.41. The number of aromatic amines is 2. The second-order valence-corrected chi connectivity index (χ2v) is 11.1. The van der Waals surface area contributed by atoms with Crippen molar-refractivity contribution in [3.63, 3.8) is 0 Å². The van der Waals surface area contributed by atoms with Crippen LogP contribution < -0.4 is 16.0 Å². The third-order valence-corrected chi connectivity index (χ3v) is 8.00. The number of rotatable bonds is 14. The van der Waals surface area contributed by atoms with Crippen LogP contribution in [0.15, 0.2) is 96.7 Å². The molecule has 0 radical (unpaired) electrons. The minimum atomic E-state index is -0.679. The zero-order valence-corrected chi connectivity index (χ0v) is 24.3. The summed E-state index contributed by atoms with van der Waals surface area (Å²) in [4.78, 5) is 41.4. The van der Waals surface area contributed by atoms with Gasteiger partial charge in [0.25, 0.3) is 5.91 Å². The Labute approximate surface area is 249 Å². The summed E-state index contributed by atoms with van der Waals surface area (Å²) in [5.41, 5.74) is 2.59. The third-order valence-electron chi connectivity index (χ3n) is 7.01. The highest BCUT2D eigenvalue weighted by atomic mass is 32.2. The molecule has 42 heavy (non-hydrogen) atoms. The number of hydrogen-bond acceptors (Lipinski definition) is 6. The first-order chi connectivity index (χ1) is 20.6. The summed E-state index contributed by atoms with van der Waals surface area (Å²) < 4.78 is 0. The van der Waals surface area contributed by atoms with Gasteiger partial charge in [-0.05, 0) is 53.8 Å². The lowest BCUT2D eigenvalue weighted by Gasteiger charge is -2.22. The average Bonchev–Trinajstić information content (AvgIpc) is 3.73. The van der Waals surface area contributed by atoms with Gasteiger partial charge in [0.05, 0.1) is 12.6 Å². The van der Waals surface area contributed by atoms with Crippen molar-refractivity contribution in [2.75, 3.05) is 5.75 Å². The Morgan fingerprint density at radius 3 is 2.45 bits per heavy atom. The second-order valence-electron chi connectivity index (χ2n) is 10.0. The van der Waals surface area contributed by atoms with Gasteiger partial charge in [-0.15, -0.1) is 0 Å². The molecule has 2 amide bonds. The van der Waals surface area contributed by atoms with Crippen molar-refractivity contribution in [1.29, 1.82) is 0 Å². The van der Waals surface area contributed by atoms with E-state index >= 15 is 0 Å². The fourth-order valence-corrected chi connectivity index (χ4v) is 5.60. The Balaban J connectivity index is 1.21. The van der Waals surface area contributed by atoms with Crippen LogP contribution in [0.1, 0.15) is 53.1 Å². The fraction of sp³-hybridized carbons (Fsp3) is 0.250. The van der Waals surface area contributed by atoms with E-state index in [0.29, 0.717) is 25.1 Å². The lowest BCUT2D eigenvalue weighted by Crippen LogP contribution is -2.47. The number of H-pyrrole nitrogens is 2. The van der Waals surface area contributed by atoms with Gasteiger partial charge in [0.15, 0.2) is 5.16 Å². The van der Waals surface area contributed by atoms with Crippen LogP contribution in [-0.2, 0) is 17.9 Å². The van der Waals surface area contributed by atoms with E-state index in [0.717, 1.165) is 45.1 Å². The first kappa shape index (κ1) is 29.1. The molecule has 0 fully saturated rings. The molecule has 5 rings (SSSR count). The summed E-state index contributed by atoms with van der Waals surface area (Å²) in [6.07, 6.45) is 8.25. The zero-order valence-electron chi connectivity index (χ0n) is 23.5. The van der Waals surface area contributed by atoms with Gasteiger partial charge in [-0.1, -0.05) is 66.4 Å². The largest absolute Gasteiger partial charge is 0.348 e. The maximum atomic E-state index is 13.6. The molecule has 0 unspecified atom stereocenters. The van der Waals surface area contributed by atoms with Gasteiger partial charge in [0.1, 0.15) is 11.9 Å². The number of carbonyl (C=O) groups is 2. The van der Waals surface area contributed by atoms with E-state index in [1.807, 2.05) is 43.3 Å². The Kier molecular flexibility index (Phi) is 10.0. The first-order valence-electron chi connectivity index (χ1n) is 14.1. The number of thioether (sulfide) groups is 1. The predicted molar refractivity (Wildman–Crippen MR) is 166 cm³/mol.